The standard InChI is InChI=1S/C25H37N2O5/c1-7-27(8-2,16-19-9-11-20(12-10-19)26(29)30)17-21(28)18-32-24-14-13-22(31-6)15-23(24)25(3,4)5/h9-15,21,28H,7-8,16-18H2,1-6H3/q+1. The molecule has 0 saturated heterocycles. The van der Waals surface area contributed by atoms with Crippen LogP contribution in [0.25, 0.3) is 0 Å². The summed E-state index contributed by atoms with van der Waals surface area (Å²) in [7, 11) is 1.64. The Morgan fingerprint density at radius 2 is 1.72 bits per heavy atom. The molecule has 2 aromatic carbocycles. The summed E-state index contributed by atoms with van der Waals surface area (Å²) < 4.78 is 12.1. The van der Waals surface area contributed by atoms with E-state index in [0.29, 0.717) is 17.6 Å². The van der Waals surface area contributed by atoms with Gasteiger partial charge in [0.1, 0.15) is 37.3 Å². The van der Waals surface area contributed by atoms with Gasteiger partial charge in [0.2, 0.25) is 0 Å². The second-order valence-electron chi connectivity index (χ2n) is 9.32. The van der Waals surface area contributed by atoms with Gasteiger partial charge in [-0.05, 0) is 49.6 Å². The van der Waals surface area contributed by atoms with Gasteiger partial charge in [0.25, 0.3) is 5.69 Å². The summed E-state index contributed by atoms with van der Waals surface area (Å²) in [6.45, 7) is 13.6. The Morgan fingerprint density at radius 3 is 2.22 bits per heavy atom. The number of methoxy groups -OCH3 is 1. The van der Waals surface area contributed by atoms with Gasteiger partial charge < -0.3 is 19.1 Å². The summed E-state index contributed by atoms with van der Waals surface area (Å²) in [4.78, 5) is 10.5. The van der Waals surface area contributed by atoms with Crippen molar-refractivity contribution in [3.8, 4) is 11.5 Å². The Labute approximate surface area is 191 Å². The molecule has 0 fully saturated rings. The third-order valence-electron chi connectivity index (χ3n) is 6.03. The van der Waals surface area contributed by atoms with Crippen LogP contribution in [-0.4, -0.2) is 54.0 Å². The number of hydrogen-bond donors (Lipinski definition) is 1. The second kappa shape index (κ2) is 10.8. The smallest absolute Gasteiger partial charge is 0.269 e. The van der Waals surface area contributed by atoms with E-state index in [2.05, 4.69) is 34.6 Å². The molecule has 7 nitrogen and oxygen atoms in total. The fourth-order valence-corrected chi connectivity index (χ4v) is 3.91. The minimum atomic E-state index is -0.650. The number of rotatable bonds is 11. The number of quaternary nitrogens is 1. The fourth-order valence-electron chi connectivity index (χ4n) is 3.91. The normalized spacial score (nSPS) is 13.0. The SMILES string of the molecule is CC[N+](CC)(Cc1ccc([N+](=O)[O-])cc1)CC(O)COc1ccc(OC)cc1C(C)(C)C. The summed E-state index contributed by atoms with van der Waals surface area (Å²) >= 11 is 0. The number of aliphatic hydroxyl groups excluding tert-OH is 1. The maximum atomic E-state index is 10.9. The number of nitrogens with zero attached hydrogens (tertiary/aromatic N) is 2. The van der Waals surface area contributed by atoms with E-state index in [9.17, 15) is 15.2 Å². The number of nitro benzene ring substituents is 1. The van der Waals surface area contributed by atoms with Crippen molar-refractivity contribution in [2.75, 3.05) is 33.4 Å². The lowest BCUT2D eigenvalue weighted by Crippen LogP contribution is -2.52. The number of non-ortho nitro benzene ring substituents is 1. The van der Waals surface area contributed by atoms with Gasteiger partial charge >= 0.3 is 0 Å². The number of hydrogen-bond acceptors (Lipinski definition) is 5. The Morgan fingerprint density at radius 1 is 1.09 bits per heavy atom. The molecule has 2 aromatic rings. The molecule has 0 bridgehead atoms. The maximum absolute atomic E-state index is 10.9. The molecule has 0 radical (unpaired) electrons. The first-order chi connectivity index (χ1) is 15.0. The predicted octanol–water partition coefficient (Wildman–Crippen LogP) is 4.70. The van der Waals surface area contributed by atoms with Crippen LogP contribution >= 0.6 is 0 Å². The number of nitro groups is 1. The zero-order valence-electron chi connectivity index (χ0n) is 20.1. The average Bonchev–Trinajstić information content (AvgIpc) is 2.76. The summed E-state index contributed by atoms with van der Waals surface area (Å²) in [5.74, 6) is 1.53. The van der Waals surface area contributed by atoms with Gasteiger partial charge in [-0.2, -0.15) is 0 Å². The predicted molar refractivity (Wildman–Crippen MR) is 126 cm³/mol. The summed E-state index contributed by atoms with van der Waals surface area (Å²) in [6, 6.07) is 12.4. The third-order valence-corrected chi connectivity index (χ3v) is 6.03. The van der Waals surface area contributed by atoms with Gasteiger partial charge in [-0.3, -0.25) is 10.1 Å². The van der Waals surface area contributed by atoms with Crippen LogP contribution in [-0.2, 0) is 12.0 Å². The largest absolute Gasteiger partial charge is 0.497 e. The fraction of sp³-hybridized carbons (Fsp3) is 0.520. The second-order valence-corrected chi connectivity index (χ2v) is 9.32. The van der Waals surface area contributed by atoms with Gasteiger partial charge in [0.15, 0.2) is 0 Å². The van der Waals surface area contributed by atoms with Gasteiger partial charge in [0.05, 0.1) is 25.1 Å². The Balaban J connectivity index is 2.10. The molecular weight excluding hydrogens is 408 g/mol. The molecule has 1 unspecified atom stereocenters. The number of aliphatic hydroxyl groups is 1. The molecule has 1 atom stereocenters. The average molecular weight is 446 g/mol. The van der Waals surface area contributed by atoms with E-state index in [0.717, 1.165) is 35.7 Å². The van der Waals surface area contributed by atoms with E-state index in [1.165, 1.54) is 12.1 Å². The highest BCUT2D eigenvalue weighted by atomic mass is 16.6. The molecule has 176 valence electrons. The quantitative estimate of drug-likeness (QED) is 0.308. The molecule has 0 aromatic heterocycles. The zero-order chi connectivity index (χ0) is 23.9. The highest BCUT2D eigenvalue weighted by Gasteiger charge is 2.29. The van der Waals surface area contributed by atoms with Crippen LogP contribution in [0, 0.1) is 10.1 Å². The molecule has 7 heteroatoms. The molecule has 0 amide bonds. The summed E-state index contributed by atoms with van der Waals surface area (Å²) in [5, 5.41) is 21.8. The van der Waals surface area contributed by atoms with Crippen LogP contribution in [0.2, 0.25) is 0 Å². The van der Waals surface area contributed by atoms with Crippen LogP contribution in [0.3, 0.4) is 0 Å². The first-order valence-corrected chi connectivity index (χ1v) is 11.1. The Kier molecular flexibility index (Phi) is 8.64. The summed E-state index contributed by atoms with van der Waals surface area (Å²) in [6.07, 6.45) is -0.650. The maximum Gasteiger partial charge on any atom is 0.269 e. The molecule has 0 aliphatic rings. The molecule has 32 heavy (non-hydrogen) atoms. The molecule has 2 rings (SSSR count). The van der Waals surface area contributed by atoms with Gasteiger partial charge in [-0.1, -0.05) is 20.8 Å². The van der Waals surface area contributed by atoms with E-state index in [-0.39, 0.29) is 17.7 Å². The van der Waals surface area contributed by atoms with E-state index >= 15 is 0 Å². The van der Waals surface area contributed by atoms with Crippen LogP contribution < -0.4 is 9.47 Å². The van der Waals surface area contributed by atoms with Crippen molar-refractivity contribution in [2.45, 2.75) is 52.7 Å². The third kappa shape index (κ3) is 6.68. The van der Waals surface area contributed by atoms with Crippen molar-refractivity contribution in [3.05, 3.63) is 63.7 Å². The molecule has 0 heterocycles. The number of benzene rings is 2. The Bertz CT molecular complexity index is 886. The van der Waals surface area contributed by atoms with Crippen LogP contribution in [0.15, 0.2) is 42.5 Å². The Hall–Kier alpha value is -2.64. The number of ether oxygens (including phenoxy) is 2. The molecule has 0 spiro atoms. The lowest BCUT2D eigenvalue weighted by molar-refractivity contribution is -0.940. The minimum absolute atomic E-state index is 0.0856. The van der Waals surface area contributed by atoms with Crippen LogP contribution in [0.1, 0.15) is 45.7 Å². The van der Waals surface area contributed by atoms with E-state index in [1.54, 1.807) is 19.2 Å². The molecule has 0 aliphatic carbocycles. The van der Waals surface area contributed by atoms with E-state index in [4.69, 9.17) is 9.47 Å². The lowest BCUT2D eigenvalue weighted by Gasteiger charge is -2.38. The van der Waals surface area contributed by atoms with Crippen molar-refractivity contribution < 1.29 is 24.0 Å². The topological polar surface area (TPSA) is 81.8 Å². The molecule has 0 aliphatic heterocycles. The highest BCUT2D eigenvalue weighted by Crippen LogP contribution is 2.34. The van der Waals surface area contributed by atoms with Crippen molar-refractivity contribution >= 4 is 5.69 Å². The summed E-state index contributed by atoms with van der Waals surface area (Å²) in [5.41, 5.74) is 2.00. The number of likely N-dealkylation sites (N-methyl/N-ethyl adjacent to an activating group) is 1. The monoisotopic (exact) mass is 445 g/mol. The molecule has 1 N–H and O–H groups in total. The highest BCUT2D eigenvalue weighted by molar-refractivity contribution is 5.44. The lowest BCUT2D eigenvalue weighted by atomic mass is 9.86. The van der Waals surface area contributed by atoms with Gasteiger partial charge in [0, 0.05) is 23.3 Å². The van der Waals surface area contributed by atoms with Crippen LogP contribution in [0.5, 0.6) is 11.5 Å². The van der Waals surface area contributed by atoms with E-state index in [1.807, 2.05) is 18.2 Å². The van der Waals surface area contributed by atoms with Crippen molar-refractivity contribution in [2.24, 2.45) is 0 Å². The van der Waals surface area contributed by atoms with Gasteiger partial charge in [-0.25, -0.2) is 0 Å². The van der Waals surface area contributed by atoms with Crippen molar-refractivity contribution in [3.63, 3.8) is 0 Å². The van der Waals surface area contributed by atoms with Crippen molar-refractivity contribution in [1.82, 2.24) is 0 Å². The first kappa shape index (κ1) is 25.6. The van der Waals surface area contributed by atoms with Crippen molar-refractivity contribution in [1.29, 1.82) is 0 Å². The first-order valence-electron chi connectivity index (χ1n) is 11.1. The minimum Gasteiger partial charge on any atom is -0.497 e. The zero-order valence-corrected chi connectivity index (χ0v) is 20.1. The van der Waals surface area contributed by atoms with E-state index < -0.39 is 11.0 Å². The molecular formula is C25H37N2O5+. The molecule has 0 saturated carbocycles. The van der Waals surface area contributed by atoms with Crippen LogP contribution in [0.4, 0.5) is 5.69 Å². The van der Waals surface area contributed by atoms with Gasteiger partial charge in [-0.15, -0.1) is 0 Å².